The topological polar surface area (TPSA) is 84.0 Å². The lowest BCUT2D eigenvalue weighted by Gasteiger charge is -2.06. The average molecular weight is 352 g/mol. The molecule has 25 heavy (non-hydrogen) atoms. The van der Waals surface area contributed by atoms with Crippen LogP contribution in [0.15, 0.2) is 60.1 Å². The van der Waals surface area contributed by atoms with E-state index in [1.54, 1.807) is 18.3 Å². The maximum absolute atomic E-state index is 12.0. The Labute approximate surface area is 149 Å². The highest BCUT2D eigenvalue weighted by Gasteiger charge is 2.11. The number of carbonyl (C=O) groups is 2. The van der Waals surface area contributed by atoms with Crippen molar-refractivity contribution in [2.45, 2.75) is 6.42 Å². The van der Waals surface area contributed by atoms with E-state index >= 15 is 0 Å². The van der Waals surface area contributed by atoms with Crippen LogP contribution >= 0.6 is 11.3 Å². The molecular formula is C18H16N4O2S. The van der Waals surface area contributed by atoms with Gasteiger partial charge in [-0.1, -0.05) is 24.3 Å². The van der Waals surface area contributed by atoms with E-state index in [2.05, 4.69) is 20.6 Å². The zero-order chi connectivity index (χ0) is 17.5. The van der Waals surface area contributed by atoms with Crippen molar-refractivity contribution in [1.29, 1.82) is 0 Å². The SMILES string of the molecule is O=C(Cc1csc(-c2ccccn2)n1)NCC(=O)Nc1ccccc1. The van der Waals surface area contributed by atoms with Crippen LogP contribution in [0.3, 0.4) is 0 Å². The number of amides is 2. The predicted octanol–water partition coefficient (Wildman–Crippen LogP) is 2.50. The molecule has 0 fully saturated rings. The van der Waals surface area contributed by atoms with Gasteiger partial charge in [0.05, 0.1) is 24.4 Å². The third kappa shape index (κ3) is 4.95. The number of nitrogens with zero attached hydrogens (tertiary/aromatic N) is 2. The van der Waals surface area contributed by atoms with Gasteiger partial charge in [0, 0.05) is 17.3 Å². The second-order valence-electron chi connectivity index (χ2n) is 5.23. The van der Waals surface area contributed by atoms with E-state index in [-0.39, 0.29) is 24.8 Å². The highest BCUT2D eigenvalue weighted by molar-refractivity contribution is 7.13. The Morgan fingerprint density at radius 1 is 1.00 bits per heavy atom. The van der Waals surface area contributed by atoms with Gasteiger partial charge in [-0.25, -0.2) is 4.98 Å². The zero-order valence-corrected chi connectivity index (χ0v) is 14.1. The number of carbonyl (C=O) groups excluding carboxylic acids is 2. The van der Waals surface area contributed by atoms with Crippen molar-refractivity contribution in [3.8, 4) is 10.7 Å². The number of hydrogen-bond acceptors (Lipinski definition) is 5. The molecular weight excluding hydrogens is 336 g/mol. The third-order valence-electron chi connectivity index (χ3n) is 3.28. The van der Waals surface area contributed by atoms with Crippen LogP contribution in [-0.2, 0) is 16.0 Å². The second kappa shape index (κ2) is 8.16. The molecule has 2 heterocycles. The van der Waals surface area contributed by atoms with Crippen molar-refractivity contribution in [3.63, 3.8) is 0 Å². The molecule has 3 rings (SSSR count). The van der Waals surface area contributed by atoms with Crippen LogP contribution in [0.1, 0.15) is 5.69 Å². The number of pyridine rings is 1. The van der Waals surface area contributed by atoms with Crippen LogP contribution in [-0.4, -0.2) is 28.3 Å². The van der Waals surface area contributed by atoms with Crippen LogP contribution < -0.4 is 10.6 Å². The Bertz CT molecular complexity index is 850. The van der Waals surface area contributed by atoms with E-state index in [4.69, 9.17) is 0 Å². The van der Waals surface area contributed by atoms with Gasteiger partial charge in [-0.15, -0.1) is 11.3 Å². The molecule has 0 atom stereocenters. The number of anilines is 1. The normalized spacial score (nSPS) is 10.2. The molecule has 1 aromatic carbocycles. The summed E-state index contributed by atoms with van der Waals surface area (Å²) >= 11 is 1.44. The first kappa shape index (κ1) is 16.8. The van der Waals surface area contributed by atoms with Crippen LogP contribution in [0.2, 0.25) is 0 Å². The van der Waals surface area contributed by atoms with Crippen molar-refractivity contribution in [2.75, 3.05) is 11.9 Å². The lowest BCUT2D eigenvalue weighted by atomic mass is 10.3. The molecule has 0 aliphatic carbocycles. The molecule has 0 aliphatic rings. The van der Waals surface area contributed by atoms with Gasteiger partial charge in [-0.2, -0.15) is 0 Å². The third-order valence-corrected chi connectivity index (χ3v) is 4.19. The molecule has 0 saturated carbocycles. The van der Waals surface area contributed by atoms with E-state index in [0.29, 0.717) is 11.4 Å². The summed E-state index contributed by atoms with van der Waals surface area (Å²) in [6, 6.07) is 14.7. The number of aromatic nitrogens is 2. The standard InChI is InChI=1S/C18H16N4O2S/c23-16(20-11-17(24)21-13-6-2-1-3-7-13)10-14-12-25-18(22-14)15-8-4-5-9-19-15/h1-9,12H,10-11H2,(H,20,23)(H,21,24). The summed E-state index contributed by atoms with van der Waals surface area (Å²) in [5.74, 6) is -0.520. The minimum absolute atomic E-state index is 0.0784. The first-order valence-electron chi connectivity index (χ1n) is 7.68. The largest absolute Gasteiger partial charge is 0.347 e. The van der Waals surface area contributed by atoms with Crippen molar-refractivity contribution in [2.24, 2.45) is 0 Å². The lowest BCUT2D eigenvalue weighted by molar-refractivity contribution is -0.123. The smallest absolute Gasteiger partial charge is 0.243 e. The fourth-order valence-corrected chi connectivity index (χ4v) is 2.92. The Kier molecular flexibility index (Phi) is 5.48. The molecule has 2 aromatic heterocycles. The fourth-order valence-electron chi connectivity index (χ4n) is 2.13. The molecule has 6 nitrogen and oxygen atoms in total. The lowest BCUT2D eigenvalue weighted by Crippen LogP contribution is -2.33. The molecule has 2 amide bonds. The molecule has 7 heteroatoms. The van der Waals surface area contributed by atoms with Gasteiger partial charge in [-0.3, -0.25) is 14.6 Å². The minimum Gasteiger partial charge on any atom is -0.347 e. The Hall–Kier alpha value is -3.06. The van der Waals surface area contributed by atoms with Crippen LogP contribution in [0.25, 0.3) is 10.7 Å². The highest BCUT2D eigenvalue weighted by Crippen LogP contribution is 2.21. The number of para-hydroxylation sites is 1. The zero-order valence-electron chi connectivity index (χ0n) is 13.3. The molecule has 0 unspecified atom stereocenters. The van der Waals surface area contributed by atoms with Gasteiger partial charge in [-0.05, 0) is 24.3 Å². The summed E-state index contributed by atoms with van der Waals surface area (Å²) < 4.78 is 0. The Balaban J connectivity index is 1.48. The predicted molar refractivity (Wildman–Crippen MR) is 97.1 cm³/mol. The Morgan fingerprint density at radius 3 is 2.56 bits per heavy atom. The van der Waals surface area contributed by atoms with Crippen molar-refractivity contribution < 1.29 is 9.59 Å². The first-order valence-corrected chi connectivity index (χ1v) is 8.56. The van der Waals surface area contributed by atoms with Gasteiger partial charge in [0.25, 0.3) is 0 Å². The summed E-state index contributed by atoms with van der Waals surface area (Å²) in [5, 5.41) is 7.91. The van der Waals surface area contributed by atoms with Crippen LogP contribution in [0.4, 0.5) is 5.69 Å². The van der Waals surface area contributed by atoms with E-state index in [1.165, 1.54) is 11.3 Å². The average Bonchev–Trinajstić information content (AvgIpc) is 3.10. The van der Waals surface area contributed by atoms with E-state index in [1.807, 2.05) is 41.8 Å². The molecule has 2 N–H and O–H groups in total. The summed E-state index contributed by atoms with van der Waals surface area (Å²) in [4.78, 5) is 32.4. The summed E-state index contributed by atoms with van der Waals surface area (Å²) in [6.07, 6.45) is 1.83. The molecule has 0 bridgehead atoms. The molecule has 0 aliphatic heterocycles. The first-order chi connectivity index (χ1) is 12.2. The minimum atomic E-state index is -0.271. The van der Waals surface area contributed by atoms with Crippen molar-refractivity contribution in [3.05, 3.63) is 65.8 Å². The summed E-state index contributed by atoms with van der Waals surface area (Å²) in [7, 11) is 0. The maximum atomic E-state index is 12.0. The van der Waals surface area contributed by atoms with E-state index in [9.17, 15) is 9.59 Å². The quantitative estimate of drug-likeness (QED) is 0.714. The molecule has 0 spiro atoms. The van der Waals surface area contributed by atoms with Crippen LogP contribution in [0.5, 0.6) is 0 Å². The molecule has 0 radical (unpaired) electrons. The number of benzene rings is 1. The fraction of sp³-hybridized carbons (Fsp3) is 0.111. The number of rotatable bonds is 6. The number of hydrogen-bond donors (Lipinski definition) is 2. The summed E-state index contributed by atoms with van der Waals surface area (Å²) in [5.41, 5.74) is 2.13. The van der Waals surface area contributed by atoms with Gasteiger partial charge >= 0.3 is 0 Å². The summed E-state index contributed by atoms with van der Waals surface area (Å²) in [6.45, 7) is -0.0784. The van der Waals surface area contributed by atoms with Gasteiger partial charge in [0.15, 0.2) is 0 Å². The monoisotopic (exact) mass is 352 g/mol. The van der Waals surface area contributed by atoms with Gasteiger partial charge in [0.1, 0.15) is 5.01 Å². The van der Waals surface area contributed by atoms with Crippen molar-refractivity contribution in [1.82, 2.24) is 15.3 Å². The molecule has 126 valence electrons. The van der Waals surface area contributed by atoms with E-state index < -0.39 is 0 Å². The van der Waals surface area contributed by atoms with E-state index in [0.717, 1.165) is 10.7 Å². The van der Waals surface area contributed by atoms with Crippen LogP contribution in [0, 0.1) is 0 Å². The number of thiazole rings is 1. The maximum Gasteiger partial charge on any atom is 0.243 e. The second-order valence-corrected chi connectivity index (χ2v) is 6.08. The number of nitrogens with one attached hydrogen (secondary N) is 2. The van der Waals surface area contributed by atoms with Gasteiger partial charge < -0.3 is 10.6 Å². The Morgan fingerprint density at radius 2 is 1.80 bits per heavy atom. The highest BCUT2D eigenvalue weighted by atomic mass is 32.1. The van der Waals surface area contributed by atoms with Crippen molar-refractivity contribution >= 4 is 28.8 Å². The molecule has 0 saturated heterocycles. The molecule has 3 aromatic rings. The van der Waals surface area contributed by atoms with Gasteiger partial charge in [0.2, 0.25) is 11.8 Å².